The molecule has 0 aliphatic heterocycles. The Morgan fingerprint density at radius 3 is 2.70 bits per heavy atom. The van der Waals surface area contributed by atoms with Crippen LogP contribution in [-0.4, -0.2) is 19.5 Å². The van der Waals surface area contributed by atoms with E-state index in [0.717, 1.165) is 24.4 Å². The summed E-state index contributed by atoms with van der Waals surface area (Å²) in [7, 11) is 0. The molecule has 0 aromatic carbocycles. The van der Waals surface area contributed by atoms with Gasteiger partial charge >= 0.3 is 0 Å². The van der Waals surface area contributed by atoms with E-state index in [1.807, 2.05) is 4.57 Å². The first-order chi connectivity index (χ1) is 9.34. The van der Waals surface area contributed by atoms with Crippen molar-refractivity contribution >= 4 is 22.6 Å². The normalized spacial score (nSPS) is 11.8. The molecule has 20 heavy (non-hydrogen) atoms. The van der Waals surface area contributed by atoms with Crippen LogP contribution in [0, 0.1) is 3.57 Å². The lowest BCUT2D eigenvalue weighted by Gasteiger charge is -2.19. The summed E-state index contributed by atoms with van der Waals surface area (Å²) in [6.45, 7) is 9.14. The standard InChI is InChI=1S/C14H19IN4O/c1-5-6-19-8-16-7-9(19)12-17-11(14(2,3)4)10(15)13(20)18-12/h7-8H,5-6H2,1-4H3,(H,17,18,20). The van der Waals surface area contributed by atoms with Crippen LogP contribution in [-0.2, 0) is 12.0 Å². The lowest BCUT2D eigenvalue weighted by molar-refractivity contribution is 0.561. The maximum absolute atomic E-state index is 12.1. The smallest absolute Gasteiger partial charge is 0.264 e. The molecule has 108 valence electrons. The second-order valence-corrected chi connectivity index (χ2v) is 6.88. The van der Waals surface area contributed by atoms with E-state index in [9.17, 15) is 4.79 Å². The van der Waals surface area contributed by atoms with Crippen LogP contribution in [0.2, 0.25) is 0 Å². The van der Waals surface area contributed by atoms with Crippen LogP contribution in [0.5, 0.6) is 0 Å². The highest BCUT2D eigenvalue weighted by Gasteiger charge is 2.23. The van der Waals surface area contributed by atoms with Gasteiger partial charge in [-0.05, 0) is 29.0 Å². The molecule has 2 aromatic rings. The highest BCUT2D eigenvalue weighted by Crippen LogP contribution is 2.25. The van der Waals surface area contributed by atoms with Crippen molar-refractivity contribution < 1.29 is 0 Å². The Labute approximate surface area is 132 Å². The molecule has 5 nitrogen and oxygen atoms in total. The van der Waals surface area contributed by atoms with Gasteiger partial charge in [-0.3, -0.25) is 4.79 Å². The van der Waals surface area contributed by atoms with Gasteiger partial charge in [-0.25, -0.2) is 9.97 Å². The number of hydrogen-bond donors (Lipinski definition) is 1. The van der Waals surface area contributed by atoms with Crippen molar-refractivity contribution in [3.63, 3.8) is 0 Å². The molecule has 0 bridgehead atoms. The van der Waals surface area contributed by atoms with Gasteiger partial charge < -0.3 is 9.55 Å². The number of H-pyrrole nitrogens is 1. The Kier molecular flexibility index (Phi) is 4.31. The molecule has 0 saturated carbocycles. The summed E-state index contributed by atoms with van der Waals surface area (Å²) in [5.74, 6) is 0.589. The topological polar surface area (TPSA) is 63.6 Å². The minimum Gasteiger partial charge on any atom is -0.328 e. The summed E-state index contributed by atoms with van der Waals surface area (Å²) in [5, 5.41) is 0. The molecule has 0 aliphatic carbocycles. The maximum atomic E-state index is 12.1. The fraction of sp³-hybridized carbons (Fsp3) is 0.500. The molecule has 6 heteroatoms. The van der Waals surface area contributed by atoms with Crippen LogP contribution >= 0.6 is 22.6 Å². The Balaban J connectivity index is 2.61. The Morgan fingerprint density at radius 1 is 1.40 bits per heavy atom. The maximum Gasteiger partial charge on any atom is 0.264 e. The summed E-state index contributed by atoms with van der Waals surface area (Å²) in [4.78, 5) is 23.8. The largest absolute Gasteiger partial charge is 0.328 e. The number of aryl methyl sites for hydroxylation is 1. The molecular weight excluding hydrogens is 367 g/mol. The molecule has 2 aromatic heterocycles. The van der Waals surface area contributed by atoms with E-state index < -0.39 is 0 Å². The lowest BCUT2D eigenvalue weighted by atomic mass is 9.92. The average Bonchev–Trinajstić information content (AvgIpc) is 2.79. The summed E-state index contributed by atoms with van der Waals surface area (Å²) < 4.78 is 2.66. The molecule has 0 fully saturated rings. The molecule has 0 aliphatic rings. The van der Waals surface area contributed by atoms with E-state index in [2.05, 4.69) is 65.2 Å². The van der Waals surface area contributed by atoms with Gasteiger partial charge in [0, 0.05) is 12.0 Å². The Morgan fingerprint density at radius 2 is 2.10 bits per heavy atom. The van der Waals surface area contributed by atoms with Crippen molar-refractivity contribution in [1.29, 1.82) is 0 Å². The first kappa shape index (κ1) is 15.2. The highest BCUT2D eigenvalue weighted by atomic mass is 127. The summed E-state index contributed by atoms with van der Waals surface area (Å²) >= 11 is 2.06. The number of aromatic amines is 1. The van der Waals surface area contributed by atoms with E-state index >= 15 is 0 Å². The van der Waals surface area contributed by atoms with E-state index in [1.54, 1.807) is 12.5 Å². The lowest BCUT2D eigenvalue weighted by Crippen LogP contribution is -2.24. The quantitative estimate of drug-likeness (QED) is 0.826. The molecule has 0 radical (unpaired) electrons. The van der Waals surface area contributed by atoms with E-state index in [1.165, 1.54) is 0 Å². The number of halogens is 1. The van der Waals surface area contributed by atoms with Crippen LogP contribution < -0.4 is 5.56 Å². The van der Waals surface area contributed by atoms with E-state index in [4.69, 9.17) is 0 Å². The van der Waals surface area contributed by atoms with Gasteiger partial charge in [-0.1, -0.05) is 27.7 Å². The van der Waals surface area contributed by atoms with Gasteiger partial charge in [-0.15, -0.1) is 0 Å². The third kappa shape index (κ3) is 2.94. The average molecular weight is 386 g/mol. The van der Waals surface area contributed by atoms with Crippen molar-refractivity contribution in [3.8, 4) is 11.5 Å². The number of hydrogen-bond acceptors (Lipinski definition) is 3. The number of aromatic nitrogens is 4. The molecular formula is C14H19IN4O. The Bertz CT molecular complexity index is 667. The molecule has 0 amide bonds. The zero-order valence-electron chi connectivity index (χ0n) is 12.2. The number of rotatable bonds is 3. The fourth-order valence-electron chi connectivity index (χ4n) is 2.01. The zero-order valence-corrected chi connectivity index (χ0v) is 14.4. The monoisotopic (exact) mass is 386 g/mol. The number of nitrogens with one attached hydrogen (secondary N) is 1. The van der Waals surface area contributed by atoms with Crippen LogP contribution in [0.25, 0.3) is 11.5 Å². The van der Waals surface area contributed by atoms with Crippen LogP contribution in [0.1, 0.15) is 39.8 Å². The van der Waals surface area contributed by atoms with Crippen molar-refractivity contribution in [2.24, 2.45) is 0 Å². The van der Waals surface area contributed by atoms with E-state index in [-0.39, 0.29) is 11.0 Å². The van der Waals surface area contributed by atoms with Gasteiger partial charge in [-0.2, -0.15) is 0 Å². The second kappa shape index (κ2) is 5.67. The minimum absolute atomic E-state index is 0.0928. The fourth-order valence-corrected chi connectivity index (χ4v) is 3.08. The number of nitrogens with zero attached hydrogens (tertiary/aromatic N) is 3. The van der Waals surface area contributed by atoms with Crippen molar-refractivity contribution in [3.05, 3.63) is 32.1 Å². The van der Waals surface area contributed by atoms with Gasteiger partial charge in [0.2, 0.25) is 0 Å². The first-order valence-electron chi connectivity index (χ1n) is 6.65. The van der Waals surface area contributed by atoms with Gasteiger partial charge in [0.15, 0.2) is 5.82 Å². The highest BCUT2D eigenvalue weighted by molar-refractivity contribution is 14.1. The number of imidazole rings is 1. The second-order valence-electron chi connectivity index (χ2n) is 5.80. The molecule has 0 spiro atoms. The summed E-state index contributed by atoms with van der Waals surface area (Å²) in [6, 6.07) is 0. The third-order valence-electron chi connectivity index (χ3n) is 2.99. The van der Waals surface area contributed by atoms with Gasteiger partial charge in [0.1, 0.15) is 9.26 Å². The van der Waals surface area contributed by atoms with Crippen molar-refractivity contribution in [1.82, 2.24) is 19.5 Å². The van der Waals surface area contributed by atoms with Crippen LogP contribution in [0.3, 0.4) is 0 Å². The van der Waals surface area contributed by atoms with Crippen molar-refractivity contribution in [2.45, 2.75) is 46.1 Å². The SMILES string of the molecule is CCCn1cncc1-c1nc(C(C)(C)C)c(I)c(=O)[nH]1. The van der Waals surface area contributed by atoms with Crippen LogP contribution in [0.4, 0.5) is 0 Å². The van der Waals surface area contributed by atoms with Gasteiger partial charge in [0.05, 0.1) is 18.2 Å². The molecule has 2 rings (SSSR count). The Hall–Kier alpha value is -1.18. The molecule has 0 unspecified atom stereocenters. The molecule has 2 heterocycles. The van der Waals surface area contributed by atoms with Crippen LogP contribution in [0.15, 0.2) is 17.3 Å². The molecule has 0 atom stereocenters. The summed E-state index contributed by atoms with van der Waals surface area (Å²) in [6.07, 6.45) is 4.52. The summed E-state index contributed by atoms with van der Waals surface area (Å²) in [5.41, 5.74) is 1.41. The third-order valence-corrected chi connectivity index (χ3v) is 3.99. The first-order valence-corrected chi connectivity index (χ1v) is 7.73. The van der Waals surface area contributed by atoms with E-state index in [0.29, 0.717) is 9.39 Å². The predicted octanol–water partition coefficient (Wildman–Crippen LogP) is 2.95. The predicted molar refractivity (Wildman–Crippen MR) is 87.8 cm³/mol. The minimum atomic E-state index is -0.171. The zero-order chi connectivity index (χ0) is 14.9. The van der Waals surface area contributed by atoms with Crippen molar-refractivity contribution in [2.75, 3.05) is 0 Å². The van der Waals surface area contributed by atoms with Gasteiger partial charge in [0.25, 0.3) is 5.56 Å². The molecule has 1 N–H and O–H groups in total. The molecule has 0 saturated heterocycles.